The predicted octanol–water partition coefficient (Wildman–Crippen LogP) is 2.33. The molecule has 0 atom stereocenters. The molecule has 0 saturated carbocycles. The number of anilines is 2. The smallest absolute Gasteiger partial charge is 0.128 e. The topological polar surface area (TPSA) is 55.0 Å². The molecule has 2 aromatic heterocycles. The van der Waals surface area contributed by atoms with Crippen LogP contribution in [0, 0.1) is 0 Å². The van der Waals surface area contributed by atoms with E-state index in [4.69, 9.17) is 5.73 Å². The Labute approximate surface area is 106 Å². The van der Waals surface area contributed by atoms with Crippen molar-refractivity contribution in [3.05, 3.63) is 36.7 Å². The number of aromatic nitrogens is 2. The molecule has 0 unspecified atom stereocenters. The number of pyridine rings is 2. The van der Waals surface area contributed by atoms with Crippen LogP contribution in [0.15, 0.2) is 36.7 Å². The highest BCUT2D eigenvalue weighted by molar-refractivity contribution is 5.64. The molecular weight excluding hydrogens is 224 g/mol. The summed E-state index contributed by atoms with van der Waals surface area (Å²) < 4.78 is 0. The maximum atomic E-state index is 5.58. The van der Waals surface area contributed by atoms with Gasteiger partial charge in [0.05, 0.1) is 0 Å². The zero-order chi connectivity index (χ0) is 12.4. The van der Waals surface area contributed by atoms with E-state index in [9.17, 15) is 0 Å². The van der Waals surface area contributed by atoms with Crippen molar-refractivity contribution >= 4 is 11.6 Å². The first-order valence-electron chi connectivity index (χ1n) is 6.26. The van der Waals surface area contributed by atoms with Crippen molar-refractivity contribution < 1.29 is 0 Å². The summed E-state index contributed by atoms with van der Waals surface area (Å²) in [6.07, 6.45) is 6.22. The first-order chi connectivity index (χ1) is 8.83. The molecule has 3 heterocycles. The lowest BCUT2D eigenvalue weighted by Crippen LogP contribution is -2.18. The monoisotopic (exact) mass is 240 g/mol. The molecule has 1 aliphatic heterocycles. The molecule has 1 aliphatic rings. The van der Waals surface area contributed by atoms with Crippen molar-refractivity contribution in [2.45, 2.75) is 12.8 Å². The van der Waals surface area contributed by atoms with Gasteiger partial charge in [0.15, 0.2) is 0 Å². The van der Waals surface area contributed by atoms with Gasteiger partial charge < -0.3 is 10.6 Å². The summed E-state index contributed by atoms with van der Waals surface area (Å²) in [5, 5.41) is 0. The maximum Gasteiger partial charge on any atom is 0.128 e. The van der Waals surface area contributed by atoms with Gasteiger partial charge in [0, 0.05) is 36.6 Å². The Morgan fingerprint density at radius 3 is 2.11 bits per heavy atom. The van der Waals surface area contributed by atoms with E-state index >= 15 is 0 Å². The van der Waals surface area contributed by atoms with E-state index < -0.39 is 0 Å². The van der Waals surface area contributed by atoms with Crippen LogP contribution in [0.4, 0.5) is 11.6 Å². The Morgan fingerprint density at radius 2 is 1.56 bits per heavy atom. The molecular formula is C14H16N4. The van der Waals surface area contributed by atoms with E-state index in [-0.39, 0.29) is 0 Å². The summed E-state index contributed by atoms with van der Waals surface area (Å²) in [5.74, 6) is 1.61. The van der Waals surface area contributed by atoms with Gasteiger partial charge in [-0.25, -0.2) is 9.97 Å². The summed E-state index contributed by atoms with van der Waals surface area (Å²) in [6.45, 7) is 2.24. The number of nitrogens with zero attached hydrogens (tertiary/aromatic N) is 3. The standard InChI is InChI=1S/C14H16N4/c15-13-5-3-11(9-16-13)12-4-6-14(17-10-12)18-7-1-2-8-18/h3-6,9-10H,1-2,7-8H2,(H2,15,16). The molecule has 4 nitrogen and oxygen atoms in total. The van der Waals surface area contributed by atoms with Crippen LogP contribution in [0.5, 0.6) is 0 Å². The molecule has 3 rings (SSSR count). The van der Waals surface area contributed by atoms with E-state index in [1.54, 1.807) is 6.20 Å². The number of nitrogen functional groups attached to an aromatic ring is 1. The van der Waals surface area contributed by atoms with E-state index in [1.165, 1.54) is 12.8 Å². The highest BCUT2D eigenvalue weighted by Crippen LogP contribution is 2.22. The SMILES string of the molecule is Nc1ccc(-c2ccc(N3CCCC3)nc2)cn1. The fourth-order valence-corrected chi connectivity index (χ4v) is 2.27. The normalized spacial score (nSPS) is 15.0. The van der Waals surface area contributed by atoms with E-state index in [0.717, 1.165) is 30.0 Å². The summed E-state index contributed by atoms with van der Waals surface area (Å²) in [4.78, 5) is 10.9. The van der Waals surface area contributed by atoms with Gasteiger partial charge in [-0.05, 0) is 37.1 Å². The summed E-state index contributed by atoms with van der Waals surface area (Å²) >= 11 is 0. The van der Waals surface area contributed by atoms with Crippen molar-refractivity contribution in [3.8, 4) is 11.1 Å². The predicted molar refractivity (Wildman–Crippen MR) is 73.3 cm³/mol. The van der Waals surface area contributed by atoms with Crippen molar-refractivity contribution in [3.63, 3.8) is 0 Å². The molecule has 0 spiro atoms. The minimum atomic E-state index is 0.542. The average molecular weight is 240 g/mol. The minimum absolute atomic E-state index is 0.542. The largest absolute Gasteiger partial charge is 0.384 e. The molecule has 0 aliphatic carbocycles. The third-order valence-electron chi connectivity index (χ3n) is 3.30. The molecule has 0 aromatic carbocycles. The molecule has 18 heavy (non-hydrogen) atoms. The second kappa shape index (κ2) is 4.64. The van der Waals surface area contributed by atoms with Crippen LogP contribution in [-0.2, 0) is 0 Å². The Balaban J connectivity index is 1.84. The average Bonchev–Trinajstić information content (AvgIpc) is 2.94. The Morgan fingerprint density at radius 1 is 0.889 bits per heavy atom. The summed E-state index contributed by atoms with van der Waals surface area (Å²) in [7, 11) is 0. The van der Waals surface area contributed by atoms with Crippen LogP contribution in [0.1, 0.15) is 12.8 Å². The van der Waals surface area contributed by atoms with Crippen LogP contribution in [0.25, 0.3) is 11.1 Å². The second-order valence-electron chi connectivity index (χ2n) is 4.57. The van der Waals surface area contributed by atoms with Gasteiger partial charge >= 0.3 is 0 Å². The molecule has 0 bridgehead atoms. The van der Waals surface area contributed by atoms with Gasteiger partial charge in [0.2, 0.25) is 0 Å². The van der Waals surface area contributed by atoms with Gasteiger partial charge in [-0.15, -0.1) is 0 Å². The Kier molecular flexibility index (Phi) is 2.84. The molecule has 0 radical (unpaired) electrons. The number of hydrogen-bond acceptors (Lipinski definition) is 4. The second-order valence-corrected chi connectivity index (χ2v) is 4.57. The zero-order valence-electron chi connectivity index (χ0n) is 10.2. The quantitative estimate of drug-likeness (QED) is 0.875. The summed E-state index contributed by atoms with van der Waals surface area (Å²) in [6, 6.07) is 7.95. The van der Waals surface area contributed by atoms with E-state index in [2.05, 4.69) is 27.0 Å². The highest BCUT2D eigenvalue weighted by Gasteiger charge is 2.13. The van der Waals surface area contributed by atoms with Crippen LogP contribution < -0.4 is 10.6 Å². The zero-order valence-corrected chi connectivity index (χ0v) is 10.2. The van der Waals surface area contributed by atoms with Crippen LogP contribution in [-0.4, -0.2) is 23.1 Å². The number of rotatable bonds is 2. The Hall–Kier alpha value is -2.10. The van der Waals surface area contributed by atoms with Crippen molar-refractivity contribution in [2.24, 2.45) is 0 Å². The van der Waals surface area contributed by atoms with Gasteiger partial charge in [-0.2, -0.15) is 0 Å². The van der Waals surface area contributed by atoms with E-state index in [1.807, 2.05) is 18.3 Å². The third kappa shape index (κ3) is 2.14. The van der Waals surface area contributed by atoms with E-state index in [0.29, 0.717) is 5.82 Å². The number of nitrogens with two attached hydrogens (primary N) is 1. The lowest BCUT2D eigenvalue weighted by molar-refractivity contribution is 0.938. The third-order valence-corrected chi connectivity index (χ3v) is 3.30. The molecule has 2 N–H and O–H groups in total. The molecule has 1 fully saturated rings. The van der Waals surface area contributed by atoms with Gasteiger partial charge in [-0.3, -0.25) is 0 Å². The summed E-state index contributed by atoms with van der Waals surface area (Å²) in [5.41, 5.74) is 7.70. The Bertz CT molecular complexity index is 512. The lowest BCUT2D eigenvalue weighted by Gasteiger charge is -2.16. The lowest BCUT2D eigenvalue weighted by atomic mass is 10.1. The van der Waals surface area contributed by atoms with Crippen LogP contribution >= 0.6 is 0 Å². The maximum absolute atomic E-state index is 5.58. The fraction of sp³-hybridized carbons (Fsp3) is 0.286. The minimum Gasteiger partial charge on any atom is -0.384 e. The molecule has 92 valence electrons. The van der Waals surface area contributed by atoms with Gasteiger partial charge in [-0.1, -0.05) is 0 Å². The molecule has 0 amide bonds. The molecule has 1 saturated heterocycles. The van der Waals surface area contributed by atoms with Crippen molar-refractivity contribution in [2.75, 3.05) is 23.7 Å². The molecule has 4 heteroatoms. The van der Waals surface area contributed by atoms with Crippen molar-refractivity contribution in [1.29, 1.82) is 0 Å². The van der Waals surface area contributed by atoms with Crippen LogP contribution in [0.3, 0.4) is 0 Å². The van der Waals surface area contributed by atoms with Crippen LogP contribution in [0.2, 0.25) is 0 Å². The highest BCUT2D eigenvalue weighted by atomic mass is 15.2. The van der Waals surface area contributed by atoms with Gasteiger partial charge in [0.25, 0.3) is 0 Å². The van der Waals surface area contributed by atoms with Gasteiger partial charge in [0.1, 0.15) is 11.6 Å². The van der Waals surface area contributed by atoms with Crippen molar-refractivity contribution in [1.82, 2.24) is 9.97 Å². The number of hydrogen-bond donors (Lipinski definition) is 1. The fourth-order valence-electron chi connectivity index (χ4n) is 2.27. The first-order valence-corrected chi connectivity index (χ1v) is 6.26. The molecule has 2 aromatic rings. The first kappa shape index (κ1) is 11.0.